The van der Waals surface area contributed by atoms with Crippen molar-refractivity contribution in [3.63, 3.8) is 0 Å². The van der Waals surface area contributed by atoms with E-state index in [2.05, 4.69) is 98.1 Å². The highest BCUT2D eigenvalue weighted by molar-refractivity contribution is 6.33. The minimum Gasteiger partial charge on any atom is -0.495 e. The molecule has 33 heteroatoms. The number of rotatable bonds is 22. The third kappa shape index (κ3) is 18.3. The summed E-state index contributed by atoms with van der Waals surface area (Å²) < 4.78 is 31.3. The van der Waals surface area contributed by atoms with Crippen LogP contribution >= 0.6 is 34.8 Å². The van der Waals surface area contributed by atoms with Crippen molar-refractivity contribution >= 4 is 134 Å². The molecular formula is C73H67Cl3FN21O8. The minimum atomic E-state index is -0.685. The number of aromatic amines is 1. The van der Waals surface area contributed by atoms with Crippen LogP contribution in [0.25, 0.3) is 33.4 Å². The van der Waals surface area contributed by atoms with E-state index in [-0.39, 0.29) is 90.9 Å². The molecule has 0 radical (unpaired) electrons. The molecule has 0 bridgehead atoms. The molecule has 0 saturated heterocycles. The zero-order chi connectivity index (χ0) is 75.9. The molecule has 29 nitrogen and oxygen atoms in total. The highest BCUT2D eigenvalue weighted by atomic mass is 35.5. The Kier molecular flexibility index (Phi) is 24.2. The number of nitrogens with zero attached hydrogens (tertiary/aromatic N) is 9. The first kappa shape index (κ1) is 75.3. The first-order chi connectivity index (χ1) is 50.9. The summed E-state index contributed by atoms with van der Waals surface area (Å²) in [6, 6.07) is 37.3. The molecule has 0 aliphatic heterocycles. The summed E-state index contributed by atoms with van der Waals surface area (Å²) in [5, 5.41) is 36.8. The summed E-state index contributed by atoms with van der Waals surface area (Å²) in [5.41, 5.74) is 23.2. The molecular weight excluding hydrogens is 1420 g/mol. The first-order valence-electron chi connectivity index (χ1n) is 31.8. The number of primary amides is 2. The molecule has 0 unspecified atom stereocenters. The molecule has 106 heavy (non-hydrogen) atoms. The maximum absolute atomic E-state index is 14.9. The van der Waals surface area contributed by atoms with Gasteiger partial charge in [-0.2, -0.15) is 20.1 Å². The van der Waals surface area contributed by atoms with Crippen LogP contribution < -0.4 is 68.8 Å². The second-order valence-corrected chi connectivity index (χ2v) is 24.1. The Hall–Kier alpha value is -13.3. The van der Waals surface area contributed by atoms with Gasteiger partial charge in [-0.05, 0) is 163 Å². The lowest BCUT2D eigenvalue weighted by Gasteiger charge is -2.16. The van der Waals surface area contributed by atoms with E-state index in [1.165, 1.54) is 37.1 Å². The van der Waals surface area contributed by atoms with Crippen LogP contribution in [0.4, 0.5) is 74.1 Å². The van der Waals surface area contributed by atoms with Gasteiger partial charge in [-0.25, -0.2) is 24.3 Å². The highest BCUT2D eigenvalue weighted by Gasteiger charge is 2.21. The Morgan fingerprint density at radius 1 is 0.481 bits per heavy atom. The Morgan fingerprint density at radius 3 is 1.30 bits per heavy atom. The number of anilines is 12. The molecule has 0 fully saturated rings. The maximum Gasteiger partial charge on any atom is 0.269 e. The van der Waals surface area contributed by atoms with E-state index in [1.54, 1.807) is 115 Å². The van der Waals surface area contributed by atoms with Gasteiger partial charge in [0.25, 0.3) is 29.5 Å². The Balaban J connectivity index is 0.000000170. The second-order valence-electron chi connectivity index (χ2n) is 22.9. The molecule has 6 aromatic carbocycles. The number of aryl methyl sites for hydroxylation is 4. The van der Waals surface area contributed by atoms with Gasteiger partial charge in [0.2, 0.25) is 23.7 Å². The molecule has 0 aliphatic rings. The van der Waals surface area contributed by atoms with E-state index in [4.69, 9.17) is 60.3 Å². The fourth-order valence-electron chi connectivity index (χ4n) is 10.4. The number of nitrogens with one attached hydrogen (secondary N) is 10. The predicted octanol–water partition coefficient (Wildman–Crippen LogP) is 13.6. The highest BCUT2D eigenvalue weighted by Crippen LogP contribution is 2.39. The van der Waals surface area contributed by atoms with Gasteiger partial charge in [-0.1, -0.05) is 76.4 Å². The van der Waals surface area contributed by atoms with Gasteiger partial charge in [0.15, 0.2) is 23.1 Å². The molecule has 6 aromatic heterocycles. The normalized spacial score (nSPS) is 10.6. The quantitative estimate of drug-likeness (QED) is 0.0300. The molecule has 0 spiro atoms. The molecule has 0 aliphatic carbocycles. The van der Waals surface area contributed by atoms with Crippen molar-refractivity contribution in [3.05, 3.63) is 230 Å². The van der Waals surface area contributed by atoms with Crippen LogP contribution in [-0.2, 0) is 0 Å². The van der Waals surface area contributed by atoms with Crippen LogP contribution in [0.3, 0.4) is 0 Å². The van der Waals surface area contributed by atoms with Crippen molar-refractivity contribution in [2.75, 3.05) is 67.3 Å². The summed E-state index contributed by atoms with van der Waals surface area (Å²) in [6.45, 7) is 7.59. The van der Waals surface area contributed by atoms with Crippen molar-refractivity contribution in [2.45, 2.75) is 27.7 Å². The van der Waals surface area contributed by atoms with E-state index < -0.39 is 17.6 Å². The number of hydrogen-bond donors (Lipinski definition) is 12. The van der Waals surface area contributed by atoms with Gasteiger partial charge in [-0.15, -0.1) is 0 Å². The Labute approximate surface area is 620 Å². The average Bonchev–Trinajstić information content (AvgIpc) is 0.982. The summed E-state index contributed by atoms with van der Waals surface area (Å²) in [7, 11) is 7.89. The van der Waals surface area contributed by atoms with Gasteiger partial charge in [0, 0.05) is 50.1 Å². The van der Waals surface area contributed by atoms with E-state index in [9.17, 15) is 28.4 Å². The number of carbonyl (C=O) groups is 5. The van der Waals surface area contributed by atoms with E-state index in [0.29, 0.717) is 62.4 Å². The fourth-order valence-corrected chi connectivity index (χ4v) is 10.8. The smallest absolute Gasteiger partial charge is 0.269 e. The largest absolute Gasteiger partial charge is 0.495 e. The fraction of sp³-hybridized carbons (Fsp3) is 0.123. The number of nitrogens with two attached hydrogens (primary N) is 2. The molecule has 0 saturated carbocycles. The number of carbonyl (C=O) groups excluding carboxylic acids is 5. The van der Waals surface area contributed by atoms with E-state index in [1.807, 2.05) is 69.3 Å². The molecule has 0 atom stereocenters. The number of benzene rings is 6. The number of hydrogen-bond acceptors (Lipinski definition) is 23. The number of ether oxygens (including phenoxy) is 2. The van der Waals surface area contributed by atoms with Crippen LogP contribution in [0.2, 0.25) is 15.1 Å². The van der Waals surface area contributed by atoms with Gasteiger partial charge in [0.1, 0.15) is 43.8 Å². The summed E-state index contributed by atoms with van der Waals surface area (Å²) in [5.74, 6) is 0.879. The van der Waals surface area contributed by atoms with Crippen LogP contribution in [0.15, 0.2) is 163 Å². The molecule has 12 rings (SSSR count). The summed E-state index contributed by atoms with van der Waals surface area (Å²) >= 11 is 18.7. The van der Waals surface area contributed by atoms with Crippen LogP contribution in [-0.4, -0.2) is 115 Å². The van der Waals surface area contributed by atoms with Gasteiger partial charge in [0.05, 0.1) is 67.5 Å². The van der Waals surface area contributed by atoms with Crippen molar-refractivity contribution in [2.24, 2.45) is 11.5 Å². The van der Waals surface area contributed by atoms with Crippen molar-refractivity contribution < 1.29 is 42.4 Å². The summed E-state index contributed by atoms with van der Waals surface area (Å²) in [4.78, 5) is 88.5. The molecule has 540 valence electrons. The number of aromatic nitrogens is 10. The monoisotopic (exact) mass is 1490 g/mol. The standard InChI is InChI=1S/C26H24ClN7O3.C24H23ClN8O3.C23H20ClFN6O2/c1-14-11-20(21(37-3)12-17(14)15-6-8-16(9-7-15)25(36)29-2)33-26-31-13-18(27)24(34-26)32-19-5-4-10-30-22(19)23(28)35;1-12-8-18(19(36-3)9-15(12)13-4-6-14(7-5-13)23(35)27-2)30-24-28-11-17(25)22(32-24)31-21-16(20(26)34)10-29-33-21;1-12-8-19(18(25)10-16(12)14-4-6-15(7-5-14)22(32)26-3)28-23-27-11-17(24)21(30-23)29-20-9-13(2)31-33-20/h4-13H,1-3H3,(H2,28,35)(H,29,36)(H2,31,32,33,34);4-11H,1-3H3,(H2,26,34)(H,27,35)(H3,28,29,30,31,32,33);4-11H,1-3H3,(H,26,32)(H2,27,28,29,30). The summed E-state index contributed by atoms with van der Waals surface area (Å²) in [6.07, 6.45) is 7.02. The lowest BCUT2D eigenvalue weighted by Crippen LogP contribution is -2.17. The lowest BCUT2D eigenvalue weighted by molar-refractivity contribution is 0.0955. The Morgan fingerprint density at radius 2 is 0.896 bits per heavy atom. The number of methoxy groups -OCH3 is 2. The van der Waals surface area contributed by atoms with Crippen molar-refractivity contribution in [1.29, 1.82) is 0 Å². The van der Waals surface area contributed by atoms with E-state index >= 15 is 0 Å². The third-order valence-corrected chi connectivity index (χ3v) is 16.6. The van der Waals surface area contributed by atoms with Crippen LogP contribution in [0, 0.1) is 33.5 Å². The molecule has 12 aromatic rings. The zero-order valence-corrected chi connectivity index (χ0v) is 60.2. The minimum absolute atomic E-state index is 0.0583. The predicted molar refractivity (Wildman–Crippen MR) is 405 cm³/mol. The number of pyridine rings is 1. The van der Waals surface area contributed by atoms with Crippen molar-refractivity contribution in [1.82, 2.24) is 66.2 Å². The SMILES string of the molecule is CNC(=O)c1ccc(-c2cc(F)c(Nc3ncc(Cl)c(Nc4cc(C)no4)n3)cc2C)cc1.CNC(=O)c1ccc(-c2cc(OC)c(Nc3ncc(Cl)c(Nc4[nH]ncc4C(N)=O)n3)cc2C)cc1.CNC(=O)c1ccc(-c2cc(OC)c(Nc3ncc(Cl)c(Nc4cccnc4C(N)=O)n3)cc2C)cc1. The zero-order valence-electron chi connectivity index (χ0n) is 58.0. The Bertz CT molecular complexity index is 5260. The van der Waals surface area contributed by atoms with Gasteiger partial charge >= 0.3 is 0 Å². The number of amides is 5. The maximum atomic E-state index is 14.9. The molecule has 14 N–H and O–H groups in total. The number of halogens is 4. The van der Waals surface area contributed by atoms with E-state index in [0.717, 1.165) is 44.5 Å². The van der Waals surface area contributed by atoms with Crippen LogP contribution in [0.5, 0.6) is 11.5 Å². The third-order valence-electron chi connectivity index (χ3n) is 15.7. The average molecular weight is 1490 g/mol. The van der Waals surface area contributed by atoms with Gasteiger partial charge < -0.3 is 73.3 Å². The topological polar surface area (TPSA) is 409 Å². The van der Waals surface area contributed by atoms with Crippen LogP contribution in [0.1, 0.15) is 74.3 Å². The molecule has 6 heterocycles. The second kappa shape index (κ2) is 34.1. The lowest BCUT2D eigenvalue weighted by atomic mass is 9.98. The molecule has 5 amide bonds. The first-order valence-corrected chi connectivity index (χ1v) is 32.9. The number of H-pyrrole nitrogens is 1. The van der Waals surface area contributed by atoms with Crippen molar-refractivity contribution in [3.8, 4) is 44.9 Å². The van der Waals surface area contributed by atoms with Gasteiger partial charge in [-0.3, -0.25) is 29.1 Å².